The standard InChI is InChI=1S/C15H12Cl2O2/c1-9(18)10-3-5-11(6-4-10)12-7-14(17)15(19-2)8-13(12)16/h3-8H,1-2H3. The molecule has 98 valence electrons. The fraction of sp³-hybridized carbons (Fsp3) is 0.133. The maximum atomic E-state index is 11.2. The SMILES string of the molecule is COc1cc(Cl)c(-c2ccc(C(C)=O)cc2)cc1Cl. The molecule has 2 aromatic rings. The first-order valence-corrected chi connectivity index (χ1v) is 6.43. The Morgan fingerprint density at radius 1 is 1.05 bits per heavy atom. The third-order valence-corrected chi connectivity index (χ3v) is 3.45. The molecule has 2 rings (SSSR count). The molecule has 0 heterocycles. The van der Waals surface area contributed by atoms with Crippen LogP contribution in [0.2, 0.25) is 10.0 Å². The van der Waals surface area contributed by atoms with Gasteiger partial charge in [-0.1, -0.05) is 47.5 Å². The van der Waals surface area contributed by atoms with Crippen LogP contribution >= 0.6 is 23.2 Å². The van der Waals surface area contributed by atoms with Crippen LogP contribution < -0.4 is 4.74 Å². The molecule has 0 aliphatic rings. The van der Waals surface area contributed by atoms with Crippen molar-refractivity contribution in [1.29, 1.82) is 0 Å². The van der Waals surface area contributed by atoms with Gasteiger partial charge in [0.25, 0.3) is 0 Å². The highest BCUT2D eigenvalue weighted by molar-refractivity contribution is 6.36. The second-order valence-electron chi connectivity index (χ2n) is 4.10. The summed E-state index contributed by atoms with van der Waals surface area (Å²) in [5, 5.41) is 1.05. The lowest BCUT2D eigenvalue weighted by atomic mass is 10.0. The van der Waals surface area contributed by atoms with E-state index in [9.17, 15) is 4.79 Å². The van der Waals surface area contributed by atoms with Crippen LogP contribution in [0.1, 0.15) is 17.3 Å². The van der Waals surface area contributed by atoms with Gasteiger partial charge in [-0.15, -0.1) is 0 Å². The van der Waals surface area contributed by atoms with E-state index < -0.39 is 0 Å². The molecule has 2 nitrogen and oxygen atoms in total. The van der Waals surface area contributed by atoms with Crippen molar-refractivity contribution in [3.05, 3.63) is 52.0 Å². The number of rotatable bonds is 3. The number of hydrogen-bond acceptors (Lipinski definition) is 2. The van der Waals surface area contributed by atoms with Crippen molar-refractivity contribution in [2.24, 2.45) is 0 Å². The van der Waals surface area contributed by atoms with Crippen molar-refractivity contribution in [2.75, 3.05) is 7.11 Å². The molecular weight excluding hydrogens is 283 g/mol. The van der Waals surface area contributed by atoms with Crippen molar-refractivity contribution >= 4 is 29.0 Å². The van der Waals surface area contributed by atoms with Crippen molar-refractivity contribution in [3.8, 4) is 16.9 Å². The lowest BCUT2D eigenvalue weighted by Gasteiger charge is -2.09. The second kappa shape index (κ2) is 5.64. The second-order valence-corrected chi connectivity index (χ2v) is 4.91. The molecule has 0 radical (unpaired) electrons. The van der Waals surface area contributed by atoms with Crippen LogP contribution in [0.4, 0.5) is 0 Å². The van der Waals surface area contributed by atoms with Gasteiger partial charge in [0.15, 0.2) is 5.78 Å². The Bertz CT molecular complexity index is 619. The van der Waals surface area contributed by atoms with Crippen LogP contribution in [-0.2, 0) is 0 Å². The van der Waals surface area contributed by atoms with E-state index in [2.05, 4.69) is 0 Å². The molecule has 2 aromatic carbocycles. The van der Waals surface area contributed by atoms with E-state index >= 15 is 0 Å². The number of ketones is 1. The molecule has 19 heavy (non-hydrogen) atoms. The summed E-state index contributed by atoms with van der Waals surface area (Å²) in [4.78, 5) is 11.2. The summed E-state index contributed by atoms with van der Waals surface area (Å²) < 4.78 is 5.11. The van der Waals surface area contributed by atoms with Crippen LogP contribution in [0.5, 0.6) is 5.75 Å². The molecule has 4 heteroatoms. The highest BCUT2D eigenvalue weighted by Crippen LogP contribution is 2.36. The first-order chi connectivity index (χ1) is 9.02. The van der Waals surface area contributed by atoms with Crippen LogP contribution in [0.15, 0.2) is 36.4 Å². The summed E-state index contributed by atoms with van der Waals surface area (Å²) in [6.45, 7) is 1.53. The van der Waals surface area contributed by atoms with Crippen molar-refractivity contribution in [2.45, 2.75) is 6.92 Å². The molecule has 0 saturated heterocycles. The summed E-state index contributed by atoms with van der Waals surface area (Å²) in [6.07, 6.45) is 0. The van der Waals surface area contributed by atoms with Gasteiger partial charge in [0.2, 0.25) is 0 Å². The summed E-state index contributed by atoms with van der Waals surface area (Å²) in [6, 6.07) is 10.7. The topological polar surface area (TPSA) is 26.3 Å². The van der Waals surface area contributed by atoms with E-state index in [4.69, 9.17) is 27.9 Å². The Morgan fingerprint density at radius 3 is 2.21 bits per heavy atom. The molecule has 0 aliphatic carbocycles. The van der Waals surface area contributed by atoms with Crippen LogP contribution in [0, 0.1) is 0 Å². The summed E-state index contributed by atoms with van der Waals surface area (Å²) >= 11 is 12.3. The largest absolute Gasteiger partial charge is 0.495 e. The molecule has 0 aromatic heterocycles. The minimum atomic E-state index is 0.0328. The summed E-state index contributed by atoms with van der Waals surface area (Å²) in [5.41, 5.74) is 2.38. The van der Waals surface area contributed by atoms with Gasteiger partial charge in [-0.2, -0.15) is 0 Å². The van der Waals surface area contributed by atoms with E-state index in [1.54, 1.807) is 31.4 Å². The zero-order valence-electron chi connectivity index (χ0n) is 10.5. The summed E-state index contributed by atoms with van der Waals surface area (Å²) in [5.74, 6) is 0.571. The maximum absolute atomic E-state index is 11.2. The van der Waals surface area contributed by atoms with Gasteiger partial charge in [0.1, 0.15) is 5.75 Å². The first kappa shape index (κ1) is 13.9. The Balaban J connectivity index is 2.47. The van der Waals surface area contributed by atoms with Gasteiger partial charge in [-0.05, 0) is 18.6 Å². The van der Waals surface area contributed by atoms with Crippen LogP contribution in [-0.4, -0.2) is 12.9 Å². The smallest absolute Gasteiger partial charge is 0.159 e. The zero-order chi connectivity index (χ0) is 14.0. The molecular formula is C15H12Cl2O2. The van der Waals surface area contributed by atoms with Gasteiger partial charge in [-0.25, -0.2) is 0 Å². The van der Waals surface area contributed by atoms with Crippen LogP contribution in [0.3, 0.4) is 0 Å². The van der Waals surface area contributed by atoms with E-state index in [-0.39, 0.29) is 5.78 Å². The fourth-order valence-electron chi connectivity index (χ4n) is 1.79. The lowest BCUT2D eigenvalue weighted by molar-refractivity contribution is 0.101. The molecule has 0 bridgehead atoms. The minimum Gasteiger partial charge on any atom is -0.495 e. The van der Waals surface area contributed by atoms with Gasteiger partial charge < -0.3 is 4.74 Å². The molecule has 0 unspecified atom stereocenters. The Hall–Kier alpha value is -1.51. The Kier molecular flexibility index (Phi) is 4.13. The monoisotopic (exact) mass is 294 g/mol. The van der Waals surface area contributed by atoms with E-state index in [1.165, 1.54) is 6.92 Å². The number of carbonyl (C=O) groups excluding carboxylic acids is 1. The van der Waals surface area contributed by atoms with E-state index in [1.807, 2.05) is 12.1 Å². The number of halogens is 2. The predicted molar refractivity (Wildman–Crippen MR) is 78.5 cm³/mol. The number of hydrogen-bond donors (Lipinski definition) is 0. The van der Waals surface area contributed by atoms with Gasteiger partial charge in [0, 0.05) is 17.2 Å². The third-order valence-electron chi connectivity index (χ3n) is 2.84. The fourth-order valence-corrected chi connectivity index (χ4v) is 2.29. The number of carbonyl (C=O) groups is 1. The van der Waals surface area contributed by atoms with Crippen molar-refractivity contribution in [3.63, 3.8) is 0 Å². The minimum absolute atomic E-state index is 0.0328. The molecule has 0 aliphatic heterocycles. The van der Waals surface area contributed by atoms with Gasteiger partial charge in [-0.3, -0.25) is 4.79 Å². The highest BCUT2D eigenvalue weighted by Gasteiger charge is 2.10. The first-order valence-electron chi connectivity index (χ1n) is 5.67. The highest BCUT2D eigenvalue weighted by atomic mass is 35.5. The Labute approximate surface area is 121 Å². The molecule has 0 atom stereocenters. The number of benzene rings is 2. The van der Waals surface area contributed by atoms with E-state index in [0.717, 1.165) is 11.1 Å². The van der Waals surface area contributed by atoms with E-state index in [0.29, 0.717) is 21.4 Å². The third kappa shape index (κ3) is 2.91. The molecule has 0 amide bonds. The number of Topliss-reactive ketones (excluding diaryl/α,β-unsaturated/α-hetero) is 1. The number of ether oxygens (including phenoxy) is 1. The molecule has 0 spiro atoms. The Morgan fingerprint density at radius 2 is 1.68 bits per heavy atom. The average Bonchev–Trinajstić information content (AvgIpc) is 2.41. The van der Waals surface area contributed by atoms with Crippen molar-refractivity contribution in [1.82, 2.24) is 0 Å². The van der Waals surface area contributed by atoms with Gasteiger partial charge in [0.05, 0.1) is 17.2 Å². The average molecular weight is 295 g/mol. The molecule has 0 fully saturated rings. The predicted octanol–water partition coefficient (Wildman–Crippen LogP) is 4.87. The molecule has 0 saturated carbocycles. The lowest BCUT2D eigenvalue weighted by Crippen LogP contribution is -1.91. The molecule has 0 N–H and O–H groups in total. The van der Waals surface area contributed by atoms with Gasteiger partial charge >= 0.3 is 0 Å². The summed E-state index contributed by atoms with van der Waals surface area (Å²) in [7, 11) is 1.54. The quantitative estimate of drug-likeness (QED) is 0.755. The maximum Gasteiger partial charge on any atom is 0.159 e. The van der Waals surface area contributed by atoms with Crippen molar-refractivity contribution < 1.29 is 9.53 Å². The normalized spacial score (nSPS) is 10.3. The number of methoxy groups -OCH3 is 1. The zero-order valence-corrected chi connectivity index (χ0v) is 12.0. The van der Waals surface area contributed by atoms with Crippen LogP contribution in [0.25, 0.3) is 11.1 Å².